The third-order valence-corrected chi connectivity index (χ3v) is 2.69. The lowest BCUT2D eigenvalue weighted by molar-refractivity contribution is 0.284. The molecule has 2 N–H and O–H groups in total. The fourth-order valence-corrected chi connectivity index (χ4v) is 1.49. The molecule has 0 bridgehead atoms. The molecule has 1 rings (SSSR count). The smallest absolute Gasteiger partial charge is 0.0314 e. The van der Waals surface area contributed by atoms with Crippen molar-refractivity contribution in [2.45, 2.75) is 6.42 Å². The van der Waals surface area contributed by atoms with E-state index in [0.29, 0.717) is 0 Å². The van der Waals surface area contributed by atoms with E-state index in [1.165, 1.54) is 5.56 Å². The number of nitrogens with two attached hydrogens (primary N) is 1. The van der Waals surface area contributed by atoms with E-state index in [2.05, 4.69) is 43.1 Å². The SMILES string of the molecule is CN(C)CCN(C)CCc1ccc(N)cc1. The Morgan fingerprint density at radius 3 is 2.12 bits per heavy atom. The molecule has 0 fully saturated rings. The summed E-state index contributed by atoms with van der Waals surface area (Å²) >= 11 is 0. The van der Waals surface area contributed by atoms with Crippen LogP contribution in [-0.4, -0.2) is 50.6 Å². The molecular formula is C13H23N3. The van der Waals surface area contributed by atoms with Crippen LogP contribution in [0.4, 0.5) is 5.69 Å². The molecule has 0 radical (unpaired) electrons. The number of likely N-dealkylation sites (N-methyl/N-ethyl adjacent to an activating group) is 2. The summed E-state index contributed by atoms with van der Waals surface area (Å²) in [5.74, 6) is 0. The van der Waals surface area contributed by atoms with E-state index in [-0.39, 0.29) is 0 Å². The van der Waals surface area contributed by atoms with Crippen LogP contribution in [0.2, 0.25) is 0 Å². The number of anilines is 1. The molecule has 90 valence electrons. The van der Waals surface area contributed by atoms with Crippen molar-refractivity contribution >= 4 is 5.69 Å². The summed E-state index contributed by atoms with van der Waals surface area (Å²) in [7, 11) is 6.38. The Kier molecular flexibility index (Phi) is 5.29. The number of hydrogen-bond donors (Lipinski definition) is 1. The largest absolute Gasteiger partial charge is 0.399 e. The lowest BCUT2D eigenvalue weighted by Gasteiger charge is -2.19. The van der Waals surface area contributed by atoms with Crippen molar-refractivity contribution in [2.75, 3.05) is 46.5 Å². The quantitative estimate of drug-likeness (QED) is 0.735. The molecule has 1 aromatic carbocycles. The Labute approximate surface area is 98.8 Å². The highest BCUT2D eigenvalue weighted by Crippen LogP contribution is 2.06. The van der Waals surface area contributed by atoms with Gasteiger partial charge >= 0.3 is 0 Å². The molecule has 0 saturated carbocycles. The molecule has 1 aromatic rings. The normalized spacial score (nSPS) is 11.3. The second-order valence-corrected chi connectivity index (χ2v) is 4.60. The summed E-state index contributed by atoms with van der Waals surface area (Å²) < 4.78 is 0. The summed E-state index contributed by atoms with van der Waals surface area (Å²) in [6.45, 7) is 3.32. The van der Waals surface area contributed by atoms with Crippen molar-refractivity contribution < 1.29 is 0 Å². The van der Waals surface area contributed by atoms with Gasteiger partial charge in [-0.2, -0.15) is 0 Å². The van der Waals surface area contributed by atoms with E-state index >= 15 is 0 Å². The molecule has 3 nitrogen and oxygen atoms in total. The molecule has 0 aliphatic carbocycles. The molecule has 0 unspecified atom stereocenters. The highest BCUT2D eigenvalue weighted by Gasteiger charge is 2.00. The first-order valence-corrected chi connectivity index (χ1v) is 5.75. The molecule has 0 amide bonds. The monoisotopic (exact) mass is 221 g/mol. The van der Waals surface area contributed by atoms with Crippen LogP contribution >= 0.6 is 0 Å². The number of nitrogen functional groups attached to an aromatic ring is 1. The average Bonchev–Trinajstić information content (AvgIpc) is 2.25. The van der Waals surface area contributed by atoms with E-state index in [4.69, 9.17) is 5.73 Å². The third-order valence-electron chi connectivity index (χ3n) is 2.69. The van der Waals surface area contributed by atoms with Crippen LogP contribution in [0.15, 0.2) is 24.3 Å². The van der Waals surface area contributed by atoms with Gasteiger partial charge in [-0.05, 0) is 45.3 Å². The summed E-state index contributed by atoms with van der Waals surface area (Å²) in [6, 6.07) is 8.15. The molecule has 0 spiro atoms. The lowest BCUT2D eigenvalue weighted by atomic mass is 10.1. The molecule has 0 aliphatic rings. The Morgan fingerprint density at radius 1 is 0.938 bits per heavy atom. The molecule has 3 heteroatoms. The van der Waals surface area contributed by atoms with E-state index in [9.17, 15) is 0 Å². The van der Waals surface area contributed by atoms with Gasteiger partial charge in [-0.3, -0.25) is 0 Å². The highest BCUT2D eigenvalue weighted by atomic mass is 15.1. The van der Waals surface area contributed by atoms with E-state index < -0.39 is 0 Å². The van der Waals surface area contributed by atoms with Crippen molar-refractivity contribution in [3.63, 3.8) is 0 Å². The minimum absolute atomic E-state index is 0.838. The van der Waals surface area contributed by atoms with Crippen LogP contribution < -0.4 is 5.73 Å². The first-order valence-electron chi connectivity index (χ1n) is 5.75. The second-order valence-electron chi connectivity index (χ2n) is 4.60. The maximum atomic E-state index is 5.65. The van der Waals surface area contributed by atoms with Gasteiger partial charge in [-0.25, -0.2) is 0 Å². The van der Waals surface area contributed by atoms with E-state index in [0.717, 1.165) is 31.7 Å². The number of rotatable bonds is 6. The molecule has 0 aliphatic heterocycles. The molecule has 0 heterocycles. The van der Waals surface area contributed by atoms with Crippen LogP contribution in [0.25, 0.3) is 0 Å². The van der Waals surface area contributed by atoms with Gasteiger partial charge in [0, 0.05) is 25.3 Å². The van der Waals surface area contributed by atoms with Crippen LogP contribution in [0.1, 0.15) is 5.56 Å². The number of hydrogen-bond acceptors (Lipinski definition) is 3. The Bertz CT molecular complexity index is 293. The Hall–Kier alpha value is -1.06. The highest BCUT2D eigenvalue weighted by molar-refractivity contribution is 5.39. The van der Waals surface area contributed by atoms with Gasteiger partial charge in [0.25, 0.3) is 0 Å². The predicted octanol–water partition coefficient (Wildman–Crippen LogP) is 1.30. The van der Waals surface area contributed by atoms with Gasteiger partial charge in [-0.1, -0.05) is 12.1 Å². The zero-order valence-corrected chi connectivity index (χ0v) is 10.6. The minimum Gasteiger partial charge on any atom is -0.399 e. The maximum Gasteiger partial charge on any atom is 0.0314 e. The zero-order valence-electron chi connectivity index (χ0n) is 10.6. The Morgan fingerprint density at radius 2 is 1.56 bits per heavy atom. The average molecular weight is 221 g/mol. The summed E-state index contributed by atoms with van der Waals surface area (Å²) in [6.07, 6.45) is 1.09. The predicted molar refractivity (Wildman–Crippen MR) is 70.6 cm³/mol. The first kappa shape index (κ1) is 13.0. The van der Waals surface area contributed by atoms with Crippen LogP contribution in [0, 0.1) is 0 Å². The summed E-state index contributed by atoms with van der Waals surface area (Å²) in [5.41, 5.74) is 7.84. The van der Waals surface area contributed by atoms with Gasteiger partial charge in [0.2, 0.25) is 0 Å². The van der Waals surface area contributed by atoms with Gasteiger partial charge in [0.15, 0.2) is 0 Å². The molecule has 0 saturated heterocycles. The van der Waals surface area contributed by atoms with E-state index in [1.807, 2.05) is 12.1 Å². The first-order chi connectivity index (χ1) is 7.58. The topological polar surface area (TPSA) is 32.5 Å². The van der Waals surface area contributed by atoms with Crippen molar-refractivity contribution in [1.82, 2.24) is 9.80 Å². The van der Waals surface area contributed by atoms with E-state index in [1.54, 1.807) is 0 Å². The standard InChI is InChI=1S/C13H23N3/c1-15(2)10-11-16(3)9-8-12-4-6-13(14)7-5-12/h4-7H,8-11,14H2,1-3H3. The fraction of sp³-hybridized carbons (Fsp3) is 0.538. The molecule has 16 heavy (non-hydrogen) atoms. The minimum atomic E-state index is 0.838. The van der Waals surface area contributed by atoms with Gasteiger partial charge < -0.3 is 15.5 Å². The third kappa shape index (κ3) is 5.14. The van der Waals surface area contributed by atoms with Crippen molar-refractivity contribution in [3.05, 3.63) is 29.8 Å². The summed E-state index contributed by atoms with van der Waals surface area (Å²) in [5, 5.41) is 0. The maximum absolute atomic E-state index is 5.65. The van der Waals surface area contributed by atoms with Gasteiger partial charge in [-0.15, -0.1) is 0 Å². The molecule has 0 atom stereocenters. The number of nitrogens with zero attached hydrogens (tertiary/aromatic N) is 2. The Balaban J connectivity index is 2.26. The zero-order chi connectivity index (χ0) is 12.0. The van der Waals surface area contributed by atoms with Gasteiger partial charge in [0.05, 0.1) is 0 Å². The molecule has 0 aromatic heterocycles. The lowest BCUT2D eigenvalue weighted by Crippen LogP contribution is -2.30. The van der Waals surface area contributed by atoms with Crippen LogP contribution in [-0.2, 0) is 6.42 Å². The van der Waals surface area contributed by atoms with Crippen molar-refractivity contribution in [2.24, 2.45) is 0 Å². The van der Waals surface area contributed by atoms with Crippen molar-refractivity contribution in [3.8, 4) is 0 Å². The molecular weight excluding hydrogens is 198 g/mol. The summed E-state index contributed by atoms with van der Waals surface area (Å²) in [4.78, 5) is 4.57. The fourth-order valence-electron chi connectivity index (χ4n) is 1.49. The van der Waals surface area contributed by atoms with Crippen molar-refractivity contribution in [1.29, 1.82) is 0 Å². The second kappa shape index (κ2) is 6.51. The van der Waals surface area contributed by atoms with Crippen LogP contribution in [0.5, 0.6) is 0 Å². The van der Waals surface area contributed by atoms with Crippen LogP contribution in [0.3, 0.4) is 0 Å². The van der Waals surface area contributed by atoms with Gasteiger partial charge in [0.1, 0.15) is 0 Å². The number of benzene rings is 1.